The van der Waals surface area contributed by atoms with Crippen molar-refractivity contribution in [1.82, 2.24) is 15.3 Å². The minimum atomic E-state index is 0.520. The Morgan fingerprint density at radius 2 is 1.92 bits per heavy atom. The van der Waals surface area contributed by atoms with Gasteiger partial charge in [-0.05, 0) is 44.2 Å². The van der Waals surface area contributed by atoms with Gasteiger partial charge in [-0.1, -0.05) is 37.5 Å². The number of fused-ring (bicyclic) bond motifs is 1. The Morgan fingerprint density at radius 1 is 1.12 bits per heavy atom. The molecule has 0 aliphatic heterocycles. The number of nitrogens with zero attached hydrogens (tertiary/aromatic N) is 2. The van der Waals surface area contributed by atoms with Gasteiger partial charge in [-0.2, -0.15) is 0 Å². The highest BCUT2D eigenvalue weighted by atomic mass is 15.1. The Labute approximate surface area is 144 Å². The number of anilines is 1. The summed E-state index contributed by atoms with van der Waals surface area (Å²) < 4.78 is 0. The molecule has 4 heteroatoms. The molecule has 3 rings (SSSR count). The molecule has 1 aromatic heterocycles. The van der Waals surface area contributed by atoms with E-state index in [0.717, 1.165) is 28.1 Å². The maximum absolute atomic E-state index is 4.85. The van der Waals surface area contributed by atoms with Crippen LogP contribution in [-0.4, -0.2) is 23.1 Å². The van der Waals surface area contributed by atoms with Crippen LogP contribution < -0.4 is 10.6 Å². The summed E-state index contributed by atoms with van der Waals surface area (Å²) in [6, 6.07) is 8.76. The van der Waals surface area contributed by atoms with Crippen molar-refractivity contribution in [2.24, 2.45) is 0 Å². The lowest BCUT2D eigenvalue weighted by atomic mass is 9.95. The van der Waals surface area contributed by atoms with Crippen molar-refractivity contribution in [2.45, 2.75) is 45.1 Å². The Hall–Kier alpha value is -2.36. The molecule has 0 unspecified atom stereocenters. The van der Waals surface area contributed by atoms with E-state index in [1.807, 2.05) is 38.4 Å². The van der Waals surface area contributed by atoms with Crippen LogP contribution in [0, 0.1) is 0 Å². The predicted molar refractivity (Wildman–Crippen MR) is 102 cm³/mol. The number of nitrogens with one attached hydrogen (secondary N) is 2. The molecule has 0 bridgehead atoms. The average molecular weight is 322 g/mol. The van der Waals surface area contributed by atoms with Crippen LogP contribution in [0.25, 0.3) is 16.5 Å². The molecular formula is C20H26N4. The summed E-state index contributed by atoms with van der Waals surface area (Å²) in [7, 11) is 1.89. The number of benzene rings is 1. The van der Waals surface area contributed by atoms with Gasteiger partial charge in [-0.15, -0.1) is 0 Å². The normalized spacial score (nSPS) is 16.7. The summed E-state index contributed by atoms with van der Waals surface area (Å²) in [6.07, 6.45) is 12.4. The first-order chi connectivity index (χ1) is 11.8. The van der Waals surface area contributed by atoms with E-state index in [2.05, 4.69) is 28.8 Å². The van der Waals surface area contributed by atoms with E-state index in [0.29, 0.717) is 6.04 Å². The van der Waals surface area contributed by atoms with Crippen LogP contribution in [0.2, 0.25) is 0 Å². The van der Waals surface area contributed by atoms with E-state index in [4.69, 9.17) is 9.97 Å². The Bertz CT molecular complexity index is 742. The van der Waals surface area contributed by atoms with Crippen molar-refractivity contribution < 1.29 is 0 Å². The number of aromatic nitrogens is 2. The van der Waals surface area contributed by atoms with Gasteiger partial charge in [-0.25, -0.2) is 9.97 Å². The summed E-state index contributed by atoms with van der Waals surface area (Å²) in [4.78, 5) is 9.60. The molecule has 126 valence electrons. The molecule has 0 radical (unpaired) electrons. The second-order valence-corrected chi connectivity index (χ2v) is 6.26. The minimum Gasteiger partial charge on any atom is -0.394 e. The molecule has 1 heterocycles. The van der Waals surface area contributed by atoms with Crippen molar-refractivity contribution in [3.8, 4) is 0 Å². The Balaban J connectivity index is 2.00. The van der Waals surface area contributed by atoms with Crippen molar-refractivity contribution in [3.05, 3.63) is 48.4 Å². The minimum absolute atomic E-state index is 0.520. The lowest BCUT2D eigenvalue weighted by Crippen LogP contribution is -2.23. The number of rotatable bonds is 5. The van der Waals surface area contributed by atoms with E-state index in [9.17, 15) is 0 Å². The molecule has 1 saturated carbocycles. The highest BCUT2D eigenvalue weighted by Crippen LogP contribution is 2.27. The quantitative estimate of drug-likeness (QED) is 0.795. The van der Waals surface area contributed by atoms with Gasteiger partial charge in [0, 0.05) is 24.0 Å². The third kappa shape index (κ3) is 3.75. The monoisotopic (exact) mass is 322 g/mol. The second-order valence-electron chi connectivity index (χ2n) is 6.26. The summed E-state index contributed by atoms with van der Waals surface area (Å²) in [5.74, 6) is 1.72. The maximum atomic E-state index is 4.85. The van der Waals surface area contributed by atoms with Crippen LogP contribution in [0.5, 0.6) is 0 Å². The topological polar surface area (TPSA) is 49.8 Å². The first-order valence-electron chi connectivity index (χ1n) is 8.85. The van der Waals surface area contributed by atoms with Gasteiger partial charge in [0.25, 0.3) is 0 Å². The molecule has 1 aliphatic rings. The van der Waals surface area contributed by atoms with Crippen LogP contribution in [0.15, 0.2) is 42.6 Å². The van der Waals surface area contributed by atoms with E-state index in [1.165, 1.54) is 32.1 Å². The smallest absolute Gasteiger partial charge is 0.161 e. The summed E-state index contributed by atoms with van der Waals surface area (Å²) in [6.45, 7) is 2.02. The lowest BCUT2D eigenvalue weighted by molar-refractivity contribution is 0.462. The Kier molecular flexibility index (Phi) is 5.47. The second kappa shape index (κ2) is 7.95. The van der Waals surface area contributed by atoms with E-state index in [1.54, 1.807) is 0 Å². The third-order valence-corrected chi connectivity index (χ3v) is 4.55. The zero-order valence-electron chi connectivity index (χ0n) is 14.5. The average Bonchev–Trinajstić information content (AvgIpc) is 2.63. The molecule has 1 aromatic carbocycles. The number of hydrogen-bond donors (Lipinski definition) is 2. The molecule has 0 spiro atoms. The van der Waals surface area contributed by atoms with E-state index < -0.39 is 0 Å². The van der Waals surface area contributed by atoms with Gasteiger partial charge < -0.3 is 10.6 Å². The van der Waals surface area contributed by atoms with Crippen molar-refractivity contribution in [3.63, 3.8) is 0 Å². The summed E-state index contributed by atoms with van der Waals surface area (Å²) in [5, 5.41) is 7.81. The highest BCUT2D eigenvalue weighted by molar-refractivity contribution is 5.90. The molecule has 1 aliphatic carbocycles. The fourth-order valence-corrected chi connectivity index (χ4v) is 3.23. The SMILES string of the molecule is C/C=C(\C=C/NC)c1nc(NC2CCCCC2)c2ccccc2n1. The molecule has 2 aromatic rings. The molecule has 2 N–H and O–H groups in total. The van der Waals surface area contributed by atoms with Gasteiger partial charge in [0.2, 0.25) is 0 Å². The first-order valence-corrected chi connectivity index (χ1v) is 8.85. The van der Waals surface area contributed by atoms with Gasteiger partial charge in [0.1, 0.15) is 5.82 Å². The standard InChI is InChI=1S/C20H26N4/c1-3-15(13-14-21-2)19-23-18-12-8-7-11-17(18)20(24-19)22-16-9-5-4-6-10-16/h3,7-8,11-14,16,21H,4-6,9-10H2,1-2H3,(H,22,23,24)/b14-13-,15-3+. The highest BCUT2D eigenvalue weighted by Gasteiger charge is 2.16. The van der Waals surface area contributed by atoms with Crippen molar-refractivity contribution in [1.29, 1.82) is 0 Å². The zero-order valence-corrected chi connectivity index (χ0v) is 14.5. The van der Waals surface area contributed by atoms with Crippen LogP contribution >= 0.6 is 0 Å². The molecule has 0 atom stereocenters. The van der Waals surface area contributed by atoms with Crippen LogP contribution in [0.1, 0.15) is 44.9 Å². The first kappa shape index (κ1) is 16.5. The molecule has 1 fully saturated rings. The summed E-state index contributed by atoms with van der Waals surface area (Å²) >= 11 is 0. The number of hydrogen-bond acceptors (Lipinski definition) is 4. The molecule has 0 amide bonds. The van der Waals surface area contributed by atoms with Gasteiger partial charge in [0.05, 0.1) is 5.52 Å². The van der Waals surface area contributed by atoms with Crippen LogP contribution in [-0.2, 0) is 0 Å². The van der Waals surface area contributed by atoms with Gasteiger partial charge >= 0.3 is 0 Å². The molecule has 24 heavy (non-hydrogen) atoms. The van der Waals surface area contributed by atoms with Crippen LogP contribution in [0.4, 0.5) is 5.82 Å². The molecule has 0 saturated heterocycles. The van der Waals surface area contributed by atoms with E-state index >= 15 is 0 Å². The van der Waals surface area contributed by atoms with Gasteiger partial charge in [-0.3, -0.25) is 0 Å². The van der Waals surface area contributed by atoms with Crippen molar-refractivity contribution >= 4 is 22.3 Å². The summed E-state index contributed by atoms with van der Waals surface area (Å²) in [5.41, 5.74) is 2.00. The zero-order chi connectivity index (χ0) is 16.8. The maximum Gasteiger partial charge on any atom is 0.161 e. The van der Waals surface area contributed by atoms with Gasteiger partial charge in [0.15, 0.2) is 5.82 Å². The lowest BCUT2D eigenvalue weighted by Gasteiger charge is -2.24. The molecular weight excluding hydrogens is 296 g/mol. The number of allylic oxidation sites excluding steroid dienone is 3. The van der Waals surface area contributed by atoms with Crippen molar-refractivity contribution in [2.75, 3.05) is 12.4 Å². The van der Waals surface area contributed by atoms with Crippen LogP contribution in [0.3, 0.4) is 0 Å². The fraction of sp³-hybridized carbons (Fsp3) is 0.400. The predicted octanol–water partition coefficient (Wildman–Crippen LogP) is 4.51. The molecule has 4 nitrogen and oxygen atoms in total. The largest absolute Gasteiger partial charge is 0.394 e. The Morgan fingerprint density at radius 3 is 2.67 bits per heavy atom. The number of para-hydroxylation sites is 1. The third-order valence-electron chi connectivity index (χ3n) is 4.55. The fourth-order valence-electron chi connectivity index (χ4n) is 3.23. The van der Waals surface area contributed by atoms with E-state index in [-0.39, 0.29) is 0 Å².